The minimum absolute atomic E-state index is 0.0694. The molecule has 0 aliphatic heterocycles. The summed E-state index contributed by atoms with van der Waals surface area (Å²) in [5.41, 5.74) is 0.390. The van der Waals surface area contributed by atoms with Crippen LogP contribution in [0.5, 0.6) is 0 Å². The van der Waals surface area contributed by atoms with Gasteiger partial charge in [0.2, 0.25) is 5.91 Å². The molecule has 0 aromatic carbocycles. The Hall–Kier alpha value is -1.70. The lowest BCUT2D eigenvalue weighted by Crippen LogP contribution is -2.35. The van der Waals surface area contributed by atoms with Crippen LogP contribution in [0.2, 0.25) is 0 Å². The Kier molecular flexibility index (Phi) is 4.60. The number of nitrogens with one attached hydrogen (secondary N) is 2. The molecule has 0 saturated carbocycles. The van der Waals surface area contributed by atoms with Gasteiger partial charge in [0.25, 0.3) is 5.69 Å². The SMILES string of the molecule is CNC(=O)C(C)Nc1ncc([N+](=O)[O-])c(C)c1Br. The molecule has 1 unspecified atom stereocenters. The van der Waals surface area contributed by atoms with Crippen molar-refractivity contribution >= 4 is 33.3 Å². The van der Waals surface area contributed by atoms with Gasteiger partial charge in [-0.25, -0.2) is 4.98 Å². The molecule has 1 aromatic heterocycles. The number of nitro groups is 1. The zero-order valence-electron chi connectivity index (χ0n) is 10.2. The van der Waals surface area contributed by atoms with Gasteiger partial charge in [-0.1, -0.05) is 0 Å². The van der Waals surface area contributed by atoms with Crippen LogP contribution < -0.4 is 10.6 Å². The number of carbonyl (C=O) groups excluding carboxylic acids is 1. The van der Waals surface area contributed by atoms with Gasteiger partial charge in [0, 0.05) is 12.6 Å². The highest BCUT2D eigenvalue weighted by Gasteiger charge is 2.19. The lowest BCUT2D eigenvalue weighted by Gasteiger charge is -2.14. The molecule has 0 aliphatic rings. The summed E-state index contributed by atoms with van der Waals surface area (Å²) in [7, 11) is 1.53. The van der Waals surface area contributed by atoms with Gasteiger partial charge in [0.05, 0.1) is 9.40 Å². The van der Waals surface area contributed by atoms with Gasteiger partial charge in [0.15, 0.2) is 0 Å². The van der Waals surface area contributed by atoms with E-state index in [0.29, 0.717) is 15.9 Å². The summed E-state index contributed by atoms with van der Waals surface area (Å²) in [6.45, 7) is 3.28. The average Bonchev–Trinajstić information content (AvgIpc) is 2.33. The molecule has 0 radical (unpaired) electrons. The Morgan fingerprint density at radius 1 is 1.61 bits per heavy atom. The topological polar surface area (TPSA) is 97.2 Å². The van der Waals surface area contributed by atoms with Gasteiger partial charge in [-0.2, -0.15) is 0 Å². The Balaban J connectivity index is 3.03. The van der Waals surface area contributed by atoms with Crippen LogP contribution in [0.25, 0.3) is 0 Å². The number of rotatable bonds is 4. The highest BCUT2D eigenvalue weighted by atomic mass is 79.9. The predicted octanol–water partition coefficient (Wildman–Crippen LogP) is 1.61. The molecule has 0 saturated heterocycles. The number of aromatic nitrogens is 1. The Morgan fingerprint density at radius 3 is 2.72 bits per heavy atom. The van der Waals surface area contributed by atoms with Crippen LogP contribution in [0.4, 0.5) is 11.5 Å². The summed E-state index contributed by atoms with van der Waals surface area (Å²) < 4.78 is 0.479. The number of nitrogens with zero attached hydrogens (tertiary/aromatic N) is 2. The van der Waals surface area contributed by atoms with Crippen LogP contribution in [0.3, 0.4) is 0 Å². The minimum atomic E-state index is -0.501. The van der Waals surface area contributed by atoms with Gasteiger partial charge in [-0.15, -0.1) is 0 Å². The summed E-state index contributed by atoms with van der Waals surface area (Å²) in [5.74, 6) is 0.203. The fraction of sp³-hybridized carbons (Fsp3) is 0.400. The normalized spacial score (nSPS) is 11.8. The summed E-state index contributed by atoms with van der Waals surface area (Å²) in [4.78, 5) is 25.5. The summed E-state index contributed by atoms with van der Waals surface area (Å²) in [6.07, 6.45) is 1.17. The highest BCUT2D eigenvalue weighted by Crippen LogP contribution is 2.30. The molecule has 7 nitrogen and oxygen atoms in total. The third-order valence-corrected chi connectivity index (χ3v) is 3.40. The Labute approximate surface area is 112 Å². The van der Waals surface area contributed by atoms with E-state index in [1.165, 1.54) is 13.2 Å². The summed E-state index contributed by atoms with van der Waals surface area (Å²) >= 11 is 3.24. The number of carbonyl (C=O) groups is 1. The largest absolute Gasteiger partial charge is 0.358 e. The first kappa shape index (κ1) is 14.4. The van der Waals surface area contributed by atoms with Crippen LogP contribution in [0.1, 0.15) is 12.5 Å². The van der Waals surface area contributed by atoms with E-state index in [1.54, 1.807) is 13.8 Å². The van der Waals surface area contributed by atoms with Crippen molar-refractivity contribution in [2.45, 2.75) is 19.9 Å². The monoisotopic (exact) mass is 316 g/mol. The number of hydrogen-bond donors (Lipinski definition) is 2. The molecule has 98 valence electrons. The molecule has 18 heavy (non-hydrogen) atoms. The second kappa shape index (κ2) is 5.76. The summed E-state index contributed by atoms with van der Waals surface area (Å²) in [5, 5.41) is 16.1. The van der Waals surface area contributed by atoms with E-state index in [9.17, 15) is 14.9 Å². The van der Waals surface area contributed by atoms with E-state index in [0.717, 1.165) is 0 Å². The van der Waals surface area contributed by atoms with Crippen LogP contribution >= 0.6 is 15.9 Å². The fourth-order valence-electron chi connectivity index (χ4n) is 1.34. The first-order chi connectivity index (χ1) is 8.38. The number of likely N-dealkylation sites (N-methyl/N-ethyl adjacent to an activating group) is 1. The quantitative estimate of drug-likeness (QED) is 0.649. The van der Waals surface area contributed by atoms with Crippen LogP contribution in [0, 0.1) is 17.0 Å². The molecule has 2 N–H and O–H groups in total. The molecular weight excluding hydrogens is 304 g/mol. The molecule has 1 rings (SSSR count). The van der Waals surface area contributed by atoms with Crippen LogP contribution in [0.15, 0.2) is 10.7 Å². The van der Waals surface area contributed by atoms with Crippen molar-refractivity contribution in [2.75, 3.05) is 12.4 Å². The number of pyridine rings is 1. The number of halogens is 1. The maximum absolute atomic E-state index is 11.4. The van der Waals surface area contributed by atoms with E-state index < -0.39 is 11.0 Å². The van der Waals surface area contributed by atoms with E-state index in [4.69, 9.17) is 0 Å². The highest BCUT2D eigenvalue weighted by molar-refractivity contribution is 9.10. The lowest BCUT2D eigenvalue weighted by atomic mass is 10.2. The maximum Gasteiger partial charge on any atom is 0.291 e. The van der Waals surface area contributed by atoms with Crippen molar-refractivity contribution in [3.63, 3.8) is 0 Å². The number of hydrogen-bond acceptors (Lipinski definition) is 5. The predicted molar refractivity (Wildman–Crippen MR) is 70.5 cm³/mol. The van der Waals surface area contributed by atoms with Crippen molar-refractivity contribution in [3.05, 3.63) is 26.3 Å². The Morgan fingerprint density at radius 2 is 2.22 bits per heavy atom. The molecule has 1 amide bonds. The Bertz CT molecular complexity index is 492. The number of anilines is 1. The molecule has 0 fully saturated rings. The third-order valence-electron chi connectivity index (χ3n) is 2.43. The first-order valence-corrected chi connectivity index (χ1v) is 5.95. The number of amides is 1. The van der Waals surface area contributed by atoms with Gasteiger partial charge in [-0.05, 0) is 29.8 Å². The molecule has 1 aromatic rings. The molecule has 0 spiro atoms. The van der Waals surface area contributed by atoms with Gasteiger partial charge in [0.1, 0.15) is 18.1 Å². The van der Waals surface area contributed by atoms with E-state index in [-0.39, 0.29) is 11.6 Å². The molecule has 8 heteroatoms. The first-order valence-electron chi connectivity index (χ1n) is 5.16. The lowest BCUT2D eigenvalue weighted by molar-refractivity contribution is -0.385. The third kappa shape index (κ3) is 2.95. The van der Waals surface area contributed by atoms with E-state index >= 15 is 0 Å². The average molecular weight is 317 g/mol. The van der Waals surface area contributed by atoms with Crippen molar-refractivity contribution < 1.29 is 9.72 Å². The molecule has 1 heterocycles. The second-order valence-corrected chi connectivity index (χ2v) is 4.46. The van der Waals surface area contributed by atoms with E-state index in [2.05, 4.69) is 31.5 Å². The second-order valence-electron chi connectivity index (χ2n) is 3.67. The minimum Gasteiger partial charge on any atom is -0.358 e. The maximum atomic E-state index is 11.4. The molecule has 0 bridgehead atoms. The van der Waals surface area contributed by atoms with Crippen molar-refractivity contribution in [1.29, 1.82) is 0 Å². The van der Waals surface area contributed by atoms with Gasteiger partial charge >= 0.3 is 0 Å². The smallest absolute Gasteiger partial charge is 0.291 e. The van der Waals surface area contributed by atoms with Gasteiger partial charge < -0.3 is 10.6 Å². The van der Waals surface area contributed by atoms with Crippen molar-refractivity contribution in [2.24, 2.45) is 0 Å². The fourth-order valence-corrected chi connectivity index (χ4v) is 1.76. The summed E-state index contributed by atoms with van der Waals surface area (Å²) in [6, 6.07) is -0.486. The molecular formula is C10H13BrN4O3. The van der Waals surface area contributed by atoms with E-state index in [1.807, 2.05) is 0 Å². The molecule has 1 atom stereocenters. The van der Waals surface area contributed by atoms with Gasteiger partial charge in [-0.3, -0.25) is 14.9 Å². The standard InChI is InChI=1S/C10H13BrN4O3/c1-5-7(15(17)18)4-13-9(8(5)11)14-6(2)10(16)12-3/h4,6H,1-3H3,(H,12,16)(H,13,14). The molecule has 0 aliphatic carbocycles. The van der Waals surface area contributed by atoms with Crippen molar-refractivity contribution in [1.82, 2.24) is 10.3 Å². The zero-order chi connectivity index (χ0) is 13.9. The van der Waals surface area contributed by atoms with Crippen LogP contribution in [-0.4, -0.2) is 28.9 Å². The van der Waals surface area contributed by atoms with Crippen molar-refractivity contribution in [3.8, 4) is 0 Å². The zero-order valence-corrected chi connectivity index (χ0v) is 11.7. The van der Waals surface area contributed by atoms with Crippen LogP contribution in [-0.2, 0) is 4.79 Å².